The second kappa shape index (κ2) is 6.86. The van der Waals surface area contributed by atoms with Crippen molar-refractivity contribution in [2.45, 2.75) is 0 Å². The van der Waals surface area contributed by atoms with Gasteiger partial charge in [-0.2, -0.15) is 0 Å². The van der Waals surface area contributed by atoms with Gasteiger partial charge in [0.1, 0.15) is 0 Å². The minimum Gasteiger partial charge on any atom is -0.388 e. The van der Waals surface area contributed by atoms with Crippen LogP contribution in [0.4, 0.5) is 5.69 Å². The van der Waals surface area contributed by atoms with E-state index in [4.69, 9.17) is 13.3 Å². The molecule has 0 aromatic heterocycles. The molecule has 5 heteroatoms. The molecule has 1 N–H and O–H groups in total. The summed E-state index contributed by atoms with van der Waals surface area (Å²) in [6, 6.07) is 16.4. The van der Waals surface area contributed by atoms with Crippen molar-refractivity contribution in [1.29, 1.82) is 0 Å². The van der Waals surface area contributed by atoms with Gasteiger partial charge in [-0.1, -0.05) is 36.4 Å². The van der Waals surface area contributed by atoms with Gasteiger partial charge in [-0.3, -0.25) is 0 Å². The van der Waals surface area contributed by atoms with Crippen molar-refractivity contribution in [3.63, 3.8) is 0 Å². The second-order valence-electron chi connectivity index (χ2n) is 4.57. The second-order valence-corrected chi connectivity index (χ2v) is 7.49. The zero-order valence-electron chi connectivity index (χ0n) is 12.8. The zero-order chi connectivity index (χ0) is 15.3. The molecule has 4 nitrogen and oxygen atoms in total. The Morgan fingerprint density at radius 1 is 0.714 bits per heavy atom. The highest BCUT2D eigenvalue weighted by Crippen LogP contribution is 2.21. The van der Waals surface area contributed by atoms with Crippen LogP contribution < -0.4 is 10.5 Å². The highest BCUT2D eigenvalue weighted by molar-refractivity contribution is 6.75. The first-order valence-corrected chi connectivity index (χ1v) is 8.45. The Hall–Kier alpha value is -1.66. The summed E-state index contributed by atoms with van der Waals surface area (Å²) in [7, 11) is 4.01. The number of rotatable bonds is 6. The molecule has 0 atom stereocenters. The highest BCUT2D eigenvalue weighted by atomic mass is 28.4. The minimum atomic E-state index is -2.74. The molecule has 0 aliphatic carbocycles. The van der Waals surface area contributed by atoms with E-state index >= 15 is 0 Å². The van der Waals surface area contributed by atoms with E-state index < -0.39 is 8.80 Å². The van der Waals surface area contributed by atoms with E-state index in [1.54, 1.807) is 21.3 Å². The van der Waals surface area contributed by atoms with Crippen LogP contribution in [0.25, 0.3) is 11.1 Å². The van der Waals surface area contributed by atoms with Crippen molar-refractivity contribution < 1.29 is 13.3 Å². The monoisotopic (exact) mass is 303 g/mol. The Kier molecular flexibility index (Phi) is 5.14. The molecule has 0 radical (unpaired) electrons. The van der Waals surface area contributed by atoms with Crippen LogP contribution in [0.3, 0.4) is 0 Å². The van der Waals surface area contributed by atoms with Crippen LogP contribution in [0.5, 0.6) is 0 Å². The highest BCUT2D eigenvalue weighted by Gasteiger charge is 2.40. The van der Waals surface area contributed by atoms with Gasteiger partial charge in [0.2, 0.25) is 0 Å². The maximum absolute atomic E-state index is 5.48. The first-order valence-electron chi connectivity index (χ1n) is 6.73. The fraction of sp³-hybridized carbons (Fsp3) is 0.250. The SMILES string of the molecule is CNc1ccc(-c2ccc([Si](OC)(OC)OC)cc2)cc1. The molecule has 0 fully saturated rings. The molecule has 0 unspecified atom stereocenters. The van der Waals surface area contributed by atoms with Gasteiger partial charge in [0.25, 0.3) is 0 Å². The van der Waals surface area contributed by atoms with Crippen LogP contribution in [0, 0.1) is 0 Å². The maximum Gasteiger partial charge on any atom is 0.536 e. The molecule has 0 saturated carbocycles. The van der Waals surface area contributed by atoms with Crippen molar-refractivity contribution in [3.05, 3.63) is 48.5 Å². The molecule has 112 valence electrons. The molecule has 0 saturated heterocycles. The van der Waals surface area contributed by atoms with Crippen LogP contribution in [-0.4, -0.2) is 37.2 Å². The van der Waals surface area contributed by atoms with E-state index in [9.17, 15) is 0 Å². The van der Waals surface area contributed by atoms with E-state index in [1.165, 1.54) is 5.56 Å². The Labute approximate surface area is 127 Å². The maximum atomic E-state index is 5.48. The van der Waals surface area contributed by atoms with Gasteiger partial charge < -0.3 is 18.6 Å². The first-order chi connectivity index (χ1) is 10.2. The fourth-order valence-corrected chi connectivity index (χ4v) is 4.08. The molecule has 0 aliphatic rings. The lowest BCUT2D eigenvalue weighted by Gasteiger charge is -2.24. The Balaban J connectivity index is 2.29. The summed E-state index contributed by atoms with van der Waals surface area (Å²) in [4.78, 5) is 0. The lowest BCUT2D eigenvalue weighted by atomic mass is 10.1. The molecule has 2 rings (SSSR count). The summed E-state index contributed by atoms with van der Waals surface area (Å²) < 4.78 is 16.5. The lowest BCUT2D eigenvalue weighted by Crippen LogP contribution is -2.54. The van der Waals surface area contributed by atoms with Gasteiger partial charge in [-0.25, -0.2) is 0 Å². The molecule has 2 aromatic carbocycles. The largest absolute Gasteiger partial charge is 0.536 e. The Bertz CT molecular complexity index is 557. The topological polar surface area (TPSA) is 39.7 Å². The van der Waals surface area contributed by atoms with Gasteiger partial charge in [-0.05, 0) is 23.3 Å². The van der Waals surface area contributed by atoms with Gasteiger partial charge in [-0.15, -0.1) is 0 Å². The molecule has 2 aromatic rings. The van der Waals surface area contributed by atoms with E-state index in [0.717, 1.165) is 16.4 Å². The van der Waals surface area contributed by atoms with Crippen LogP contribution in [0.15, 0.2) is 48.5 Å². The third kappa shape index (κ3) is 3.16. The molecule has 0 spiro atoms. The number of hydrogen-bond donors (Lipinski definition) is 1. The standard InChI is InChI=1S/C16H21NO3Si/c1-17-15-9-5-13(6-10-15)14-7-11-16(12-8-14)21(18-2,19-3)20-4/h5-12,17H,1-4H3. The molecule has 0 heterocycles. The summed E-state index contributed by atoms with van der Waals surface area (Å²) in [6.07, 6.45) is 0. The minimum absolute atomic E-state index is 0.950. The summed E-state index contributed by atoms with van der Waals surface area (Å²) in [5, 5.41) is 4.06. The molecule has 21 heavy (non-hydrogen) atoms. The van der Waals surface area contributed by atoms with Crippen molar-refractivity contribution in [1.82, 2.24) is 0 Å². The fourth-order valence-electron chi connectivity index (χ4n) is 2.30. The predicted octanol–water partition coefficient (Wildman–Crippen LogP) is 2.48. The number of anilines is 1. The van der Waals surface area contributed by atoms with Gasteiger partial charge in [0.05, 0.1) is 0 Å². The van der Waals surface area contributed by atoms with E-state index in [-0.39, 0.29) is 0 Å². The summed E-state index contributed by atoms with van der Waals surface area (Å²) in [5.41, 5.74) is 3.41. The average Bonchev–Trinajstić information content (AvgIpc) is 2.58. The number of hydrogen-bond acceptors (Lipinski definition) is 4. The van der Waals surface area contributed by atoms with Crippen molar-refractivity contribution >= 4 is 19.7 Å². The summed E-state index contributed by atoms with van der Waals surface area (Å²) in [5.74, 6) is 0. The summed E-state index contributed by atoms with van der Waals surface area (Å²) >= 11 is 0. The van der Waals surface area contributed by atoms with Crippen LogP contribution in [-0.2, 0) is 13.3 Å². The third-order valence-corrected chi connectivity index (χ3v) is 6.20. The Morgan fingerprint density at radius 3 is 1.52 bits per heavy atom. The molecule has 0 amide bonds. The number of benzene rings is 2. The van der Waals surface area contributed by atoms with Gasteiger partial charge in [0.15, 0.2) is 0 Å². The molecule has 0 bridgehead atoms. The van der Waals surface area contributed by atoms with Crippen LogP contribution in [0.2, 0.25) is 0 Å². The average molecular weight is 303 g/mol. The van der Waals surface area contributed by atoms with E-state index in [0.29, 0.717) is 0 Å². The normalized spacial score (nSPS) is 11.4. The zero-order valence-corrected chi connectivity index (χ0v) is 13.8. The van der Waals surface area contributed by atoms with Crippen molar-refractivity contribution in [2.75, 3.05) is 33.7 Å². The van der Waals surface area contributed by atoms with Crippen molar-refractivity contribution in [2.24, 2.45) is 0 Å². The molecular formula is C16H21NO3Si. The summed E-state index contributed by atoms with van der Waals surface area (Å²) in [6.45, 7) is 0. The predicted molar refractivity (Wildman–Crippen MR) is 87.8 cm³/mol. The molecule has 0 aliphatic heterocycles. The van der Waals surface area contributed by atoms with E-state index in [1.807, 2.05) is 19.2 Å². The number of nitrogens with one attached hydrogen (secondary N) is 1. The van der Waals surface area contributed by atoms with Crippen LogP contribution in [0.1, 0.15) is 0 Å². The van der Waals surface area contributed by atoms with Gasteiger partial charge in [0, 0.05) is 39.3 Å². The lowest BCUT2D eigenvalue weighted by molar-refractivity contribution is 0.140. The van der Waals surface area contributed by atoms with Crippen LogP contribution >= 0.6 is 0 Å². The van der Waals surface area contributed by atoms with E-state index in [2.05, 4.69) is 41.7 Å². The molecular weight excluding hydrogens is 282 g/mol. The third-order valence-electron chi connectivity index (χ3n) is 3.55. The quantitative estimate of drug-likeness (QED) is 0.832. The first kappa shape index (κ1) is 15.7. The Morgan fingerprint density at radius 2 is 1.14 bits per heavy atom. The van der Waals surface area contributed by atoms with Crippen molar-refractivity contribution in [3.8, 4) is 11.1 Å². The van der Waals surface area contributed by atoms with Gasteiger partial charge >= 0.3 is 8.80 Å². The smallest absolute Gasteiger partial charge is 0.388 e.